The van der Waals surface area contributed by atoms with E-state index in [-0.39, 0.29) is 10.6 Å². The molecule has 0 spiro atoms. The Morgan fingerprint density at radius 1 is 1.19 bits per heavy atom. The summed E-state index contributed by atoms with van der Waals surface area (Å²) in [6.45, 7) is 0. The number of rotatable bonds is 5. The van der Waals surface area contributed by atoms with Gasteiger partial charge in [-0.25, -0.2) is 12.8 Å². The van der Waals surface area contributed by atoms with E-state index < -0.39 is 15.8 Å². The van der Waals surface area contributed by atoms with E-state index in [9.17, 15) is 12.8 Å². The summed E-state index contributed by atoms with van der Waals surface area (Å²) in [6.07, 6.45) is 0. The van der Waals surface area contributed by atoms with E-state index >= 15 is 0 Å². The van der Waals surface area contributed by atoms with Crippen molar-refractivity contribution in [2.24, 2.45) is 0 Å². The molecule has 0 aliphatic rings. The van der Waals surface area contributed by atoms with Crippen molar-refractivity contribution in [2.45, 2.75) is 10.2 Å². The van der Waals surface area contributed by atoms with E-state index in [2.05, 4.69) is 20.7 Å². The van der Waals surface area contributed by atoms with E-state index in [1.165, 1.54) is 31.4 Å². The van der Waals surface area contributed by atoms with Crippen LogP contribution in [0.1, 0.15) is 5.56 Å². The number of alkyl halides is 1. The highest BCUT2D eigenvalue weighted by molar-refractivity contribution is 9.08. The zero-order valence-corrected chi connectivity index (χ0v) is 13.5. The van der Waals surface area contributed by atoms with Gasteiger partial charge < -0.3 is 4.74 Å². The molecule has 2 aromatic carbocycles. The van der Waals surface area contributed by atoms with Gasteiger partial charge in [0.2, 0.25) is 0 Å². The van der Waals surface area contributed by atoms with Crippen molar-refractivity contribution in [3.05, 3.63) is 53.8 Å². The molecule has 0 aromatic heterocycles. The average Bonchev–Trinajstić information content (AvgIpc) is 2.49. The molecule has 7 heteroatoms. The molecule has 0 aliphatic carbocycles. The smallest absolute Gasteiger partial charge is 0.261 e. The van der Waals surface area contributed by atoms with Crippen LogP contribution in [0.4, 0.5) is 10.1 Å². The van der Waals surface area contributed by atoms with Crippen LogP contribution in [0.5, 0.6) is 5.75 Å². The van der Waals surface area contributed by atoms with Crippen molar-refractivity contribution in [1.29, 1.82) is 0 Å². The van der Waals surface area contributed by atoms with E-state index in [1.54, 1.807) is 12.1 Å². The molecule has 0 fully saturated rings. The number of hydrogen-bond donors (Lipinski definition) is 1. The Balaban J connectivity index is 2.32. The second-order valence-corrected chi connectivity index (χ2v) is 6.47. The van der Waals surface area contributed by atoms with Crippen LogP contribution in [0.15, 0.2) is 47.4 Å². The van der Waals surface area contributed by atoms with Gasteiger partial charge >= 0.3 is 0 Å². The fraction of sp³-hybridized carbons (Fsp3) is 0.143. The van der Waals surface area contributed by atoms with Gasteiger partial charge in [-0.2, -0.15) is 0 Å². The monoisotopic (exact) mass is 373 g/mol. The fourth-order valence-corrected chi connectivity index (χ4v) is 3.10. The summed E-state index contributed by atoms with van der Waals surface area (Å²) in [7, 11) is -2.43. The lowest BCUT2D eigenvalue weighted by molar-refractivity contribution is 0.414. The molecule has 0 heterocycles. The topological polar surface area (TPSA) is 55.4 Å². The van der Waals surface area contributed by atoms with E-state index in [0.717, 1.165) is 11.6 Å². The Bertz CT molecular complexity index is 732. The molecule has 0 saturated carbocycles. The van der Waals surface area contributed by atoms with Crippen LogP contribution >= 0.6 is 15.9 Å². The van der Waals surface area contributed by atoms with Crippen molar-refractivity contribution in [2.75, 3.05) is 11.8 Å². The van der Waals surface area contributed by atoms with Crippen molar-refractivity contribution in [3.8, 4) is 5.75 Å². The summed E-state index contributed by atoms with van der Waals surface area (Å²) in [5.41, 5.74) is 0.792. The lowest BCUT2D eigenvalue weighted by atomic mass is 10.2. The third kappa shape index (κ3) is 3.74. The number of nitrogens with one attached hydrogen (secondary N) is 1. The minimum atomic E-state index is -3.85. The summed E-state index contributed by atoms with van der Waals surface area (Å²) in [5, 5.41) is 0.630. The number of methoxy groups -OCH3 is 1. The molecule has 2 aromatic rings. The molecule has 1 N–H and O–H groups in total. The highest BCUT2D eigenvalue weighted by Crippen LogP contribution is 2.24. The van der Waals surface area contributed by atoms with Crippen LogP contribution in [-0.2, 0) is 15.4 Å². The van der Waals surface area contributed by atoms with E-state index in [1.807, 2.05) is 0 Å². The highest BCUT2D eigenvalue weighted by atomic mass is 79.9. The van der Waals surface area contributed by atoms with Gasteiger partial charge in [0.05, 0.1) is 17.7 Å². The minimum Gasteiger partial charge on any atom is -0.497 e. The zero-order valence-electron chi connectivity index (χ0n) is 11.1. The first-order valence-corrected chi connectivity index (χ1v) is 8.58. The fourth-order valence-electron chi connectivity index (χ4n) is 1.67. The quantitative estimate of drug-likeness (QED) is 0.815. The third-order valence-corrected chi connectivity index (χ3v) is 4.83. The Hall–Kier alpha value is -1.60. The first kappa shape index (κ1) is 15.8. The molecular formula is C14H13BrFNO3S. The van der Waals surface area contributed by atoms with Crippen LogP contribution in [-0.4, -0.2) is 15.5 Å². The van der Waals surface area contributed by atoms with Crippen LogP contribution in [0, 0.1) is 5.82 Å². The highest BCUT2D eigenvalue weighted by Gasteiger charge is 2.16. The number of anilines is 1. The van der Waals surface area contributed by atoms with E-state index in [4.69, 9.17) is 4.74 Å². The first-order valence-electron chi connectivity index (χ1n) is 5.97. The lowest BCUT2D eigenvalue weighted by Gasteiger charge is -2.10. The second-order valence-electron chi connectivity index (χ2n) is 4.23. The first-order chi connectivity index (χ1) is 9.96. The van der Waals surface area contributed by atoms with Gasteiger partial charge in [-0.3, -0.25) is 4.72 Å². The predicted molar refractivity (Wildman–Crippen MR) is 82.8 cm³/mol. The van der Waals surface area contributed by atoms with Gasteiger partial charge in [0.25, 0.3) is 10.0 Å². The molecule has 0 radical (unpaired) electrons. The van der Waals surface area contributed by atoms with Crippen molar-refractivity contribution in [1.82, 2.24) is 0 Å². The molecule has 0 unspecified atom stereocenters. The van der Waals surface area contributed by atoms with Crippen LogP contribution in [0.25, 0.3) is 0 Å². The van der Waals surface area contributed by atoms with Gasteiger partial charge in [-0.15, -0.1) is 0 Å². The SMILES string of the molecule is COc1ccc(F)c(NS(=O)(=O)c2ccc(CBr)cc2)c1. The van der Waals surface area contributed by atoms with Gasteiger partial charge in [-0.05, 0) is 29.8 Å². The summed E-state index contributed by atoms with van der Waals surface area (Å²) >= 11 is 3.28. The summed E-state index contributed by atoms with van der Waals surface area (Å²) in [5.74, 6) is -0.305. The molecule has 0 atom stereocenters. The molecule has 0 aliphatic heterocycles. The Morgan fingerprint density at radius 2 is 1.86 bits per heavy atom. The maximum Gasteiger partial charge on any atom is 0.261 e. The number of sulfonamides is 1. The molecule has 0 amide bonds. The average molecular weight is 374 g/mol. The second kappa shape index (κ2) is 6.44. The number of ether oxygens (including phenoxy) is 1. The molecule has 4 nitrogen and oxygen atoms in total. The van der Waals surface area contributed by atoms with Crippen molar-refractivity contribution in [3.63, 3.8) is 0 Å². The minimum absolute atomic E-state index is 0.0643. The number of benzene rings is 2. The summed E-state index contributed by atoms with van der Waals surface area (Å²) < 4.78 is 45.3. The third-order valence-electron chi connectivity index (χ3n) is 2.81. The molecule has 21 heavy (non-hydrogen) atoms. The standard InChI is InChI=1S/C14H13BrFNO3S/c1-20-11-4-7-13(16)14(8-11)17-21(18,19)12-5-2-10(9-15)3-6-12/h2-8,17H,9H2,1H3. The molecule has 2 rings (SSSR count). The molecule has 112 valence electrons. The largest absolute Gasteiger partial charge is 0.497 e. The van der Waals surface area contributed by atoms with Crippen LogP contribution < -0.4 is 9.46 Å². The van der Waals surface area contributed by atoms with E-state index in [0.29, 0.717) is 11.1 Å². The normalized spacial score (nSPS) is 11.2. The van der Waals surface area contributed by atoms with Gasteiger partial charge in [0.1, 0.15) is 11.6 Å². The Kier molecular flexibility index (Phi) is 4.84. The van der Waals surface area contributed by atoms with Crippen molar-refractivity contribution < 1.29 is 17.5 Å². The molecule has 0 bridgehead atoms. The summed E-state index contributed by atoms with van der Waals surface area (Å²) in [6, 6.07) is 10.2. The Morgan fingerprint density at radius 3 is 2.43 bits per heavy atom. The van der Waals surface area contributed by atoms with Crippen LogP contribution in [0.3, 0.4) is 0 Å². The number of hydrogen-bond acceptors (Lipinski definition) is 3. The van der Waals surface area contributed by atoms with Gasteiger partial charge in [0, 0.05) is 11.4 Å². The van der Waals surface area contributed by atoms with Gasteiger partial charge in [0.15, 0.2) is 0 Å². The summed E-state index contributed by atoms with van der Waals surface area (Å²) in [4.78, 5) is 0.0643. The van der Waals surface area contributed by atoms with Gasteiger partial charge in [-0.1, -0.05) is 28.1 Å². The predicted octanol–water partition coefficient (Wildman–Crippen LogP) is 3.53. The number of halogens is 2. The van der Waals surface area contributed by atoms with Crippen molar-refractivity contribution >= 4 is 31.6 Å². The Labute approximate surface area is 131 Å². The molecule has 0 saturated heterocycles. The molecular weight excluding hydrogens is 361 g/mol. The zero-order chi connectivity index (χ0) is 15.5. The lowest BCUT2D eigenvalue weighted by Crippen LogP contribution is -2.14. The van der Waals surface area contributed by atoms with Crippen LogP contribution in [0.2, 0.25) is 0 Å². The maximum absolute atomic E-state index is 13.7. The maximum atomic E-state index is 13.7.